The second kappa shape index (κ2) is 5.17. The first-order valence-corrected chi connectivity index (χ1v) is 5.41. The van der Waals surface area contributed by atoms with Gasteiger partial charge in [0.2, 0.25) is 0 Å². The van der Waals surface area contributed by atoms with Crippen LogP contribution in [-0.4, -0.2) is 13.7 Å². The molecule has 0 heterocycles. The molecule has 0 amide bonds. The molecule has 1 aromatic carbocycles. The summed E-state index contributed by atoms with van der Waals surface area (Å²) in [4.78, 5) is 0. The van der Waals surface area contributed by atoms with Crippen LogP contribution in [0.5, 0.6) is 0 Å². The van der Waals surface area contributed by atoms with Crippen molar-refractivity contribution in [2.45, 2.75) is 32.1 Å². The molecule has 0 aliphatic carbocycles. The molecule has 0 radical (unpaired) electrons. The number of hydrogen-bond acceptors (Lipinski definition) is 2. The van der Waals surface area contributed by atoms with E-state index in [1.807, 2.05) is 12.1 Å². The molecule has 1 aromatic rings. The van der Waals surface area contributed by atoms with Gasteiger partial charge in [-0.1, -0.05) is 26.0 Å². The summed E-state index contributed by atoms with van der Waals surface area (Å²) in [7, 11) is 1.75. The van der Waals surface area contributed by atoms with Crippen LogP contribution in [0.4, 0.5) is 5.69 Å². The van der Waals surface area contributed by atoms with Gasteiger partial charge < -0.3 is 10.5 Å². The van der Waals surface area contributed by atoms with Crippen LogP contribution < -0.4 is 5.73 Å². The van der Waals surface area contributed by atoms with Crippen molar-refractivity contribution >= 4 is 5.69 Å². The number of ether oxygens (including phenoxy) is 1. The fourth-order valence-electron chi connectivity index (χ4n) is 1.74. The number of nitrogen functional groups attached to an aromatic ring is 1. The smallest absolute Gasteiger partial charge is 0.0462 e. The van der Waals surface area contributed by atoms with Crippen molar-refractivity contribution in [3.05, 3.63) is 29.8 Å². The molecule has 0 fully saturated rings. The Labute approximate surface area is 92.4 Å². The van der Waals surface area contributed by atoms with Crippen LogP contribution in [0, 0.1) is 0 Å². The van der Waals surface area contributed by atoms with E-state index in [-0.39, 0.29) is 5.41 Å². The summed E-state index contributed by atoms with van der Waals surface area (Å²) >= 11 is 0. The van der Waals surface area contributed by atoms with Crippen LogP contribution in [-0.2, 0) is 10.2 Å². The number of hydrogen-bond donors (Lipinski definition) is 1. The van der Waals surface area contributed by atoms with Crippen molar-refractivity contribution in [2.24, 2.45) is 0 Å². The Bertz CT molecular complexity index is 290. The van der Waals surface area contributed by atoms with E-state index in [2.05, 4.69) is 26.0 Å². The minimum atomic E-state index is 0.201. The first-order chi connectivity index (χ1) is 7.06. The van der Waals surface area contributed by atoms with Crippen molar-refractivity contribution in [1.82, 2.24) is 0 Å². The van der Waals surface area contributed by atoms with Crippen LogP contribution in [0.1, 0.15) is 32.3 Å². The van der Waals surface area contributed by atoms with Crippen molar-refractivity contribution in [1.29, 1.82) is 0 Å². The zero-order valence-corrected chi connectivity index (χ0v) is 9.92. The highest BCUT2D eigenvalue weighted by Crippen LogP contribution is 2.28. The Hall–Kier alpha value is -1.02. The molecule has 2 N–H and O–H groups in total. The zero-order chi connectivity index (χ0) is 11.3. The molecule has 0 saturated heterocycles. The van der Waals surface area contributed by atoms with Crippen LogP contribution in [0.15, 0.2) is 24.3 Å². The van der Waals surface area contributed by atoms with Gasteiger partial charge in [0.1, 0.15) is 0 Å². The maximum Gasteiger partial charge on any atom is 0.0462 e. The van der Waals surface area contributed by atoms with E-state index in [0.29, 0.717) is 0 Å². The number of methoxy groups -OCH3 is 1. The Morgan fingerprint density at radius 2 is 1.80 bits per heavy atom. The van der Waals surface area contributed by atoms with Gasteiger partial charge in [-0.25, -0.2) is 0 Å². The summed E-state index contributed by atoms with van der Waals surface area (Å²) in [5, 5.41) is 0. The zero-order valence-electron chi connectivity index (χ0n) is 9.92. The fourth-order valence-corrected chi connectivity index (χ4v) is 1.74. The molecule has 0 spiro atoms. The first-order valence-electron chi connectivity index (χ1n) is 5.41. The molecule has 0 unspecified atom stereocenters. The Kier molecular flexibility index (Phi) is 4.15. The topological polar surface area (TPSA) is 35.2 Å². The van der Waals surface area contributed by atoms with Gasteiger partial charge in [-0.2, -0.15) is 0 Å². The van der Waals surface area contributed by atoms with Gasteiger partial charge in [0.05, 0.1) is 0 Å². The van der Waals surface area contributed by atoms with Crippen molar-refractivity contribution in [3.63, 3.8) is 0 Å². The minimum absolute atomic E-state index is 0.201. The SMILES string of the molecule is COCCCC(C)(C)c1ccc(N)cc1. The average molecular weight is 207 g/mol. The average Bonchev–Trinajstić information content (AvgIpc) is 2.18. The summed E-state index contributed by atoms with van der Waals surface area (Å²) in [5.41, 5.74) is 8.04. The third-order valence-corrected chi connectivity index (χ3v) is 2.84. The van der Waals surface area contributed by atoms with Crippen molar-refractivity contribution < 1.29 is 4.74 Å². The van der Waals surface area contributed by atoms with E-state index in [9.17, 15) is 0 Å². The molecule has 0 saturated carbocycles. The molecule has 0 aliphatic rings. The monoisotopic (exact) mass is 207 g/mol. The third kappa shape index (κ3) is 3.56. The van der Waals surface area contributed by atoms with Gasteiger partial charge >= 0.3 is 0 Å². The molecule has 0 atom stereocenters. The number of nitrogens with two attached hydrogens (primary N) is 1. The van der Waals surface area contributed by atoms with E-state index in [1.54, 1.807) is 7.11 Å². The summed E-state index contributed by atoms with van der Waals surface area (Å²) in [6, 6.07) is 8.16. The van der Waals surface area contributed by atoms with Gasteiger partial charge in [0.25, 0.3) is 0 Å². The van der Waals surface area contributed by atoms with Gasteiger partial charge in [-0.05, 0) is 36.0 Å². The van der Waals surface area contributed by atoms with E-state index in [0.717, 1.165) is 25.1 Å². The third-order valence-electron chi connectivity index (χ3n) is 2.84. The highest BCUT2D eigenvalue weighted by atomic mass is 16.5. The largest absolute Gasteiger partial charge is 0.399 e. The normalized spacial score (nSPS) is 11.7. The standard InChI is InChI=1S/C13H21NO/c1-13(2,9-4-10-15-3)11-5-7-12(14)8-6-11/h5-8H,4,9-10,14H2,1-3H3. The summed E-state index contributed by atoms with van der Waals surface area (Å²) in [5.74, 6) is 0. The molecule has 84 valence electrons. The number of anilines is 1. The van der Waals surface area contributed by atoms with Gasteiger partial charge in [-0.15, -0.1) is 0 Å². The molecular formula is C13H21NO. The summed E-state index contributed by atoms with van der Waals surface area (Å²) < 4.78 is 5.07. The Morgan fingerprint density at radius 3 is 2.33 bits per heavy atom. The van der Waals surface area contributed by atoms with Crippen LogP contribution in [0.3, 0.4) is 0 Å². The van der Waals surface area contributed by atoms with E-state index >= 15 is 0 Å². The summed E-state index contributed by atoms with van der Waals surface area (Å²) in [6.07, 6.45) is 2.22. The molecule has 0 aromatic heterocycles. The second-order valence-corrected chi connectivity index (χ2v) is 4.60. The molecule has 0 bridgehead atoms. The highest BCUT2D eigenvalue weighted by Gasteiger charge is 2.19. The van der Waals surface area contributed by atoms with Crippen LogP contribution >= 0.6 is 0 Å². The number of rotatable bonds is 5. The summed E-state index contributed by atoms with van der Waals surface area (Å²) in [6.45, 7) is 5.35. The van der Waals surface area contributed by atoms with E-state index < -0.39 is 0 Å². The molecule has 0 aliphatic heterocycles. The molecule has 15 heavy (non-hydrogen) atoms. The predicted molar refractivity (Wildman–Crippen MR) is 65.0 cm³/mol. The Morgan fingerprint density at radius 1 is 1.20 bits per heavy atom. The van der Waals surface area contributed by atoms with Gasteiger partial charge in [-0.3, -0.25) is 0 Å². The lowest BCUT2D eigenvalue weighted by Crippen LogP contribution is -2.17. The predicted octanol–water partition coefficient (Wildman–Crippen LogP) is 2.97. The quantitative estimate of drug-likeness (QED) is 0.595. The first kappa shape index (κ1) is 12.1. The minimum Gasteiger partial charge on any atom is -0.399 e. The van der Waals surface area contributed by atoms with Crippen LogP contribution in [0.2, 0.25) is 0 Å². The van der Waals surface area contributed by atoms with Crippen LogP contribution in [0.25, 0.3) is 0 Å². The van der Waals surface area contributed by atoms with E-state index in [4.69, 9.17) is 10.5 Å². The highest BCUT2D eigenvalue weighted by molar-refractivity contribution is 5.41. The lowest BCUT2D eigenvalue weighted by atomic mass is 9.80. The molecule has 2 heteroatoms. The van der Waals surface area contributed by atoms with Gasteiger partial charge in [0, 0.05) is 19.4 Å². The maximum absolute atomic E-state index is 5.67. The van der Waals surface area contributed by atoms with Crippen molar-refractivity contribution in [3.8, 4) is 0 Å². The fraction of sp³-hybridized carbons (Fsp3) is 0.538. The van der Waals surface area contributed by atoms with Gasteiger partial charge in [0.15, 0.2) is 0 Å². The van der Waals surface area contributed by atoms with Crippen molar-refractivity contribution in [2.75, 3.05) is 19.5 Å². The number of benzene rings is 1. The molecule has 1 rings (SSSR count). The molecule has 2 nitrogen and oxygen atoms in total. The van der Waals surface area contributed by atoms with E-state index in [1.165, 1.54) is 5.56 Å². The Balaban J connectivity index is 2.63. The maximum atomic E-state index is 5.67. The lowest BCUT2D eigenvalue weighted by Gasteiger charge is -2.25. The second-order valence-electron chi connectivity index (χ2n) is 4.60. The lowest BCUT2D eigenvalue weighted by molar-refractivity contribution is 0.185. The molecular weight excluding hydrogens is 186 g/mol.